The van der Waals surface area contributed by atoms with Gasteiger partial charge < -0.3 is 14.2 Å². The van der Waals surface area contributed by atoms with E-state index in [1.807, 2.05) is 104 Å². The zero-order valence-electron chi connectivity index (χ0n) is 25.9. The third-order valence-electron chi connectivity index (χ3n) is 7.61. The highest BCUT2D eigenvalue weighted by Crippen LogP contribution is 2.35. The molecule has 0 aliphatic carbocycles. The number of hydrogen-bond donors (Lipinski definition) is 0. The molecule has 47 heavy (non-hydrogen) atoms. The second kappa shape index (κ2) is 14.1. The van der Waals surface area contributed by atoms with E-state index in [1.54, 1.807) is 23.6 Å². The van der Waals surface area contributed by atoms with Crippen LogP contribution in [0.25, 0.3) is 11.8 Å². The summed E-state index contributed by atoms with van der Waals surface area (Å²) in [6.45, 7) is 4.53. The van der Waals surface area contributed by atoms with Crippen molar-refractivity contribution in [3.05, 3.63) is 156 Å². The first-order valence-corrected chi connectivity index (χ1v) is 16.0. The van der Waals surface area contributed by atoms with Crippen LogP contribution in [0.1, 0.15) is 47.7 Å². The van der Waals surface area contributed by atoms with Crippen LogP contribution in [0.15, 0.2) is 118 Å². The van der Waals surface area contributed by atoms with E-state index < -0.39 is 12.0 Å². The fourth-order valence-electron chi connectivity index (χ4n) is 5.45. The molecule has 1 aromatic heterocycles. The molecule has 0 spiro atoms. The van der Waals surface area contributed by atoms with Crippen LogP contribution in [-0.2, 0) is 16.1 Å². The largest absolute Gasteiger partial charge is 0.494 e. The molecule has 0 amide bonds. The van der Waals surface area contributed by atoms with Crippen LogP contribution < -0.4 is 24.4 Å². The van der Waals surface area contributed by atoms with Crippen LogP contribution in [0.4, 0.5) is 0 Å². The zero-order valence-corrected chi connectivity index (χ0v) is 26.7. The average Bonchev–Trinajstić information content (AvgIpc) is 3.42. The summed E-state index contributed by atoms with van der Waals surface area (Å²) in [6, 6.07) is 32.9. The summed E-state index contributed by atoms with van der Waals surface area (Å²) in [4.78, 5) is 33.4. The normalized spacial score (nSPS) is 14.1. The quantitative estimate of drug-likeness (QED) is 0.179. The summed E-state index contributed by atoms with van der Waals surface area (Å²) in [5.74, 6) is 0.702. The fraction of sp³-hybridized carbons (Fsp3) is 0.158. The number of thiazole rings is 1. The van der Waals surface area contributed by atoms with Crippen LogP contribution in [0.2, 0.25) is 0 Å². The van der Waals surface area contributed by atoms with Crippen LogP contribution in [0.5, 0.6) is 11.5 Å². The summed E-state index contributed by atoms with van der Waals surface area (Å²) in [5.41, 5.74) is 3.88. The number of aromatic nitrogens is 1. The number of esters is 1. The molecule has 4 aromatic carbocycles. The van der Waals surface area contributed by atoms with E-state index in [0.29, 0.717) is 49.8 Å². The summed E-state index contributed by atoms with van der Waals surface area (Å²) >= 11 is 1.24. The van der Waals surface area contributed by atoms with Crippen molar-refractivity contribution >= 4 is 29.1 Å². The highest BCUT2D eigenvalue weighted by atomic mass is 32.1. The predicted octanol–water partition coefficient (Wildman–Crippen LogP) is 5.78. The summed E-state index contributed by atoms with van der Waals surface area (Å²) < 4.78 is 19.4. The van der Waals surface area contributed by atoms with Crippen molar-refractivity contribution in [2.24, 2.45) is 4.99 Å². The zero-order chi connectivity index (χ0) is 32.8. The molecular formula is C38H31N3O5S. The van der Waals surface area contributed by atoms with Gasteiger partial charge in [0.1, 0.15) is 18.1 Å². The van der Waals surface area contributed by atoms with Crippen LogP contribution >= 0.6 is 11.3 Å². The fourth-order valence-corrected chi connectivity index (χ4v) is 6.44. The number of nitriles is 1. The Morgan fingerprint density at radius 2 is 1.64 bits per heavy atom. The van der Waals surface area contributed by atoms with Crippen molar-refractivity contribution < 1.29 is 19.0 Å². The van der Waals surface area contributed by atoms with Gasteiger partial charge in [-0.2, -0.15) is 5.26 Å². The maximum Gasteiger partial charge on any atom is 0.338 e. The van der Waals surface area contributed by atoms with Gasteiger partial charge in [-0.25, -0.2) is 9.79 Å². The second-order valence-electron chi connectivity index (χ2n) is 10.5. The molecule has 1 atom stereocenters. The van der Waals surface area contributed by atoms with Crippen molar-refractivity contribution in [2.75, 3.05) is 13.2 Å². The lowest BCUT2D eigenvalue weighted by Gasteiger charge is -2.26. The summed E-state index contributed by atoms with van der Waals surface area (Å²) in [5, 5.41) is 9.50. The lowest BCUT2D eigenvalue weighted by atomic mass is 9.93. The standard InChI is InChI=1S/C38H31N3O5S/c1-3-44-30-20-18-26(19-21-30)35-33(37(43)45-4-2)34(25-12-6-5-7-13-25)40-38-41(35)36(42)32(47-38)22-27-14-10-11-17-31(27)46-24-29-16-9-8-15-28(29)23-39/h5-22,35H,3-4,24H2,1-2H3/b32-22-/t35-/m1/s1. The minimum atomic E-state index is -0.799. The van der Waals surface area contributed by atoms with Gasteiger partial charge >= 0.3 is 5.97 Å². The molecule has 6 rings (SSSR count). The molecule has 0 N–H and O–H groups in total. The summed E-state index contributed by atoms with van der Waals surface area (Å²) in [6.07, 6.45) is 1.78. The van der Waals surface area contributed by atoms with Gasteiger partial charge in [-0.3, -0.25) is 9.36 Å². The minimum Gasteiger partial charge on any atom is -0.494 e. The second-order valence-corrected chi connectivity index (χ2v) is 11.5. The SMILES string of the molecule is CCOC(=O)C1=C(c2ccccc2)N=c2s/c(=C\c3ccccc3OCc3ccccc3C#N)c(=O)n2[C@@H]1c1ccc(OCC)cc1. The number of rotatable bonds is 10. The molecule has 8 nitrogen and oxygen atoms in total. The number of benzene rings is 4. The van der Waals surface area contributed by atoms with Gasteiger partial charge in [0, 0.05) is 16.7 Å². The Morgan fingerprint density at radius 3 is 2.38 bits per heavy atom. The Bertz CT molecular complexity index is 2180. The highest BCUT2D eigenvalue weighted by molar-refractivity contribution is 7.07. The smallest absolute Gasteiger partial charge is 0.338 e. The summed E-state index contributed by atoms with van der Waals surface area (Å²) in [7, 11) is 0. The van der Waals surface area contributed by atoms with Crippen LogP contribution in [-0.4, -0.2) is 23.8 Å². The Balaban J connectivity index is 1.51. The molecule has 1 aliphatic rings. The van der Waals surface area contributed by atoms with Gasteiger partial charge in [0.2, 0.25) is 0 Å². The van der Waals surface area contributed by atoms with Crippen molar-refractivity contribution in [1.29, 1.82) is 5.26 Å². The predicted molar refractivity (Wildman–Crippen MR) is 181 cm³/mol. The number of carbonyl (C=O) groups is 1. The van der Waals surface area contributed by atoms with Gasteiger partial charge in [-0.05, 0) is 49.8 Å². The number of nitrogens with zero attached hydrogens (tertiary/aromatic N) is 3. The third-order valence-corrected chi connectivity index (χ3v) is 8.59. The van der Waals surface area contributed by atoms with E-state index in [1.165, 1.54) is 11.3 Å². The molecule has 234 valence electrons. The molecule has 5 aromatic rings. The highest BCUT2D eigenvalue weighted by Gasteiger charge is 2.35. The molecule has 9 heteroatoms. The molecule has 2 heterocycles. The maximum absolute atomic E-state index is 14.3. The lowest BCUT2D eigenvalue weighted by Crippen LogP contribution is -2.40. The molecule has 0 fully saturated rings. The van der Waals surface area contributed by atoms with E-state index in [-0.39, 0.29) is 24.3 Å². The maximum atomic E-state index is 14.3. The van der Waals surface area contributed by atoms with E-state index >= 15 is 0 Å². The van der Waals surface area contributed by atoms with Crippen molar-refractivity contribution in [3.8, 4) is 17.6 Å². The van der Waals surface area contributed by atoms with Gasteiger partial charge in [-0.15, -0.1) is 0 Å². The van der Waals surface area contributed by atoms with E-state index in [9.17, 15) is 14.9 Å². The number of fused-ring (bicyclic) bond motifs is 1. The number of ether oxygens (including phenoxy) is 3. The molecular weight excluding hydrogens is 611 g/mol. The van der Waals surface area contributed by atoms with Gasteiger partial charge in [-0.1, -0.05) is 90.2 Å². The van der Waals surface area contributed by atoms with E-state index in [0.717, 1.165) is 11.1 Å². The number of hydrogen-bond acceptors (Lipinski definition) is 8. The Morgan fingerprint density at radius 1 is 0.915 bits per heavy atom. The average molecular weight is 642 g/mol. The molecule has 0 unspecified atom stereocenters. The Kier molecular flexibility index (Phi) is 9.41. The Hall–Kier alpha value is -5.72. The molecule has 1 aliphatic heterocycles. The Labute approximate surface area is 275 Å². The van der Waals surface area contributed by atoms with Crippen LogP contribution in [0.3, 0.4) is 0 Å². The first kappa shape index (κ1) is 31.3. The minimum absolute atomic E-state index is 0.167. The van der Waals surface area contributed by atoms with Crippen molar-refractivity contribution in [1.82, 2.24) is 4.57 Å². The van der Waals surface area contributed by atoms with Gasteiger partial charge in [0.05, 0.1) is 46.7 Å². The third kappa shape index (κ3) is 6.50. The van der Waals surface area contributed by atoms with E-state index in [4.69, 9.17) is 19.2 Å². The van der Waals surface area contributed by atoms with E-state index in [2.05, 4.69) is 6.07 Å². The van der Waals surface area contributed by atoms with Gasteiger partial charge in [0.25, 0.3) is 5.56 Å². The number of para-hydroxylation sites is 1. The van der Waals surface area contributed by atoms with Gasteiger partial charge in [0.15, 0.2) is 4.80 Å². The monoisotopic (exact) mass is 641 g/mol. The van der Waals surface area contributed by atoms with Crippen molar-refractivity contribution in [3.63, 3.8) is 0 Å². The molecule has 0 radical (unpaired) electrons. The molecule has 0 bridgehead atoms. The van der Waals surface area contributed by atoms with Crippen molar-refractivity contribution in [2.45, 2.75) is 26.5 Å². The lowest BCUT2D eigenvalue weighted by molar-refractivity contribution is -0.138. The topological polar surface area (TPSA) is 103 Å². The first-order valence-electron chi connectivity index (χ1n) is 15.2. The van der Waals surface area contributed by atoms with Crippen LogP contribution in [0, 0.1) is 11.3 Å². The number of carbonyl (C=O) groups excluding carboxylic acids is 1. The first-order chi connectivity index (χ1) is 23.0. The molecule has 0 saturated heterocycles. The molecule has 0 saturated carbocycles.